The first-order valence-corrected chi connectivity index (χ1v) is 9.27. The molecule has 1 N–H and O–H groups in total. The maximum atomic E-state index is 6.33. The number of ether oxygens (including phenoxy) is 1. The van der Waals surface area contributed by atoms with Gasteiger partial charge in [-0.05, 0) is 52.0 Å². The van der Waals surface area contributed by atoms with E-state index in [1.807, 2.05) is 6.08 Å². The summed E-state index contributed by atoms with van der Waals surface area (Å²) in [7, 11) is 0. The first-order chi connectivity index (χ1) is 10.3. The van der Waals surface area contributed by atoms with E-state index in [4.69, 9.17) is 4.74 Å². The van der Waals surface area contributed by atoms with Crippen LogP contribution in [0.3, 0.4) is 0 Å². The minimum Gasteiger partial charge on any atom is -0.374 e. The Morgan fingerprint density at radius 2 is 1.90 bits per heavy atom. The van der Waals surface area contributed by atoms with Gasteiger partial charge in [0.15, 0.2) is 0 Å². The lowest BCUT2D eigenvalue weighted by molar-refractivity contribution is -0.0918. The summed E-state index contributed by atoms with van der Waals surface area (Å²) in [6, 6.07) is 0.543. The van der Waals surface area contributed by atoms with Crippen molar-refractivity contribution in [1.82, 2.24) is 5.32 Å². The number of allylic oxidation sites excluding steroid dienone is 1. The molecule has 1 atom stereocenters. The Morgan fingerprint density at radius 3 is 2.52 bits per heavy atom. The standard InChI is InChI=1S/C19H37NO/c1-4-7-8-9-11-14-18(20-17-5-2)19(21-6-3)15-12-10-13-16-19/h4,18,20H,1,5-17H2,2-3H3. The molecule has 0 spiro atoms. The van der Waals surface area contributed by atoms with Crippen LogP contribution in [0.2, 0.25) is 0 Å². The van der Waals surface area contributed by atoms with Gasteiger partial charge < -0.3 is 10.1 Å². The normalized spacial score (nSPS) is 19.3. The molecule has 0 aromatic rings. The van der Waals surface area contributed by atoms with Gasteiger partial charge >= 0.3 is 0 Å². The van der Waals surface area contributed by atoms with Crippen LogP contribution < -0.4 is 5.32 Å². The second-order valence-electron chi connectivity index (χ2n) is 6.49. The molecular weight excluding hydrogens is 258 g/mol. The van der Waals surface area contributed by atoms with Crippen LogP contribution in [0.5, 0.6) is 0 Å². The Balaban J connectivity index is 2.56. The summed E-state index contributed by atoms with van der Waals surface area (Å²) in [6.45, 7) is 10.2. The van der Waals surface area contributed by atoms with Gasteiger partial charge in [0, 0.05) is 12.6 Å². The van der Waals surface area contributed by atoms with Crippen LogP contribution in [0.4, 0.5) is 0 Å². The molecule has 0 saturated heterocycles. The Labute approximate surface area is 132 Å². The van der Waals surface area contributed by atoms with Crippen molar-refractivity contribution in [3.63, 3.8) is 0 Å². The molecule has 1 unspecified atom stereocenters. The van der Waals surface area contributed by atoms with Gasteiger partial charge in [-0.25, -0.2) is 0 Å². The summed E-state index contributed by atoms with van der Waals surface area (Å²) in [5.74, 6) is 0. The van der Waals surface area contributed by atoms with Gasteiger partial charge in [-0.3, -0.25) is 0 Å². The number of hydrogen-bond donors (Lipinski definition) is 1. The van der Waals surface area contributed by atoms with Crippen LogP contribution >= 0.6 is 0 Å². The molecule has 0 heterocycles. The maximum absolute atomic E-state index is 6.33. The fourth-order valence-corrected chi connectivity index (χ4v) is 3.71. The van der Waals surface area contributed by atoms with E-state index in [1.54, 1.807) is 0 Å². The van der Waals surface area contributed by atoms with Crippen LogP contribution in [0.15, 0.2) is 12.7 Å². The summed E-state index contributed by atoms with van der Waals surface area (Å²) in [5.41, 5.74) is 0.112. The van der Waals surface area contributed by atoms with Gasteiger partial charge in [-0.1, -0.05) is 45.1 Å². The molecule has 2 nitrogen and oxygen atoms in total. The minimum absolute atomic E-state index is 0.112. The molecule has 0 radical (unpaired) electrons. The number of hydrogen-bond acceptors (Lipinski definition) is 2. The highest BCUT2D eigenvalue weighted by Gasteiger charge is 2.39. The fourth-order valence-electron chi connectivity index (χ4n) is 3.71. The van der Waals surface area contributed by atoms with Crippen molar-refractivity contribution in [3.8, 4) is 0 Å². The van der Waals surface area contributed by atoms with Crippen LogP contribution in [0.25, 0.3) is 0 Å². The van der Waals surface area contributed by atoms with Gasteiger partial charge in [0.25, 0.3) is 0 Å². The van der Waals surface area contributed by atoms with Gasteiger partial charge in [0.2, 0.25) is 0 Å². The molecule has 0 amide bonds. The average molecular weight is 296 g/mol. The van der Waals surface area contributed by atoms with Gasteiger partial charge in [0.1, 0.15) is 0 Å². The van der Waals surface area contributed by atoms with Crippen molar-refractivity contribution in [2.75, 3.05) is 13.2 Å². The summed E-state index contributed by atoms with van der Waals surface area (Å²) in [4.78, 5) is 0. The van der Waals surface area contributed by atoms with Gasteiger partial charge in [0.05, 0.1) is 5.60 Å². The molecule has 1 fully saturated rings. The van der Waals surface area contributed by atoms with Crippen molar-refractivity contribution in [1.29, 1.82) is 0 Å². The smallest absolute Gasteiger partial charge is 0.0834 e. The van der Waals surface area contributed by atoms with Crippen LogP contribution in [0.1, 0.15) is 84.5 Å². The van der Waals surface area contributed by atoms with Crippen LogP contribution in [-0.4, -0.2) is 24.8 Å². The Bertz CT molecular complexity index is 253. The molecule has 1 saturated carbocycles. The number of nitrogens with one attached hydrogen (secondary N) is 1. The number of unbranched alkanes of at least 4 members (excludes halogenated alkanes) is 3. The minimum atomic E-state index is 0.112. The van der Waals surface area contributed by atoms with E-state index in [0.717, 1.165) is 19.6 Å². The molecule has 0 bridgehead atoms. The first-order valence-electron chi connectivity index (χ1n) is 9.27. The quantitative estimate of drug-likeness (QED) is 0.393. The third-order valence-electron chi connectivity index (χ3n) is 4.81. The lowest BCUT2D eigenvalue weighted by Crippen LogP contribution is -2.54. The third-order valence-corrected chi connectivity index (χ3v) is 4.81. The zero-order valence-electron chi connectivity index (χ0n) is 14.5. The molecule has 124 valence electrons. The largest absolute Gasteiger partial charge is 0.374 e. The lowest BCUT2D eigenvalue weighted by atomic mass is 9.77. The van der Waals surface area contributed by atoms with E-state index in [1.165, 1.54) is 64.2 Å². The monoisotopic (exact) mass is 295 g/mol. The van der Waals surface area contributed by atoms with Crippen LogP contribution in [-0.2, 0) is 4.74 Å². The highest BCUT2D eigenvalue weighted by Crippen LogP contribution is 2.36. The van der Waals surface area contributed by atoms with Gasteiger partial charge in [-0.15, -0.1) is 6.58 Å². The van der Waals surface area contributed by atoms with E-state index in [2.05, 4.69) is 25.7 Å². The topological polar surface area (TPSA) is 21.3 Å². The molecule has 1 aliphatic rings. The average Bonchev–Trinajstić information content (AvgIpc) is 2.51. The molecule has 21 heavy (non-hydrogen) atoms. The summed E-state index contributed by atoms with van der Waals surface area (Å²) in [6.07, 6.45) is 16.1. The molecule has 2 heteroatoms. The van der Waals surface area contributed by atoms with E-state index < -0.39 is 0 Å². The fraction of sp³-hybridized carbons (Fsp3) is 0.895. The second-order valence-corrected chi connectivity index (χ2v) is 6.49. The Morgan fingerprint density at radius 1 is 1.14 bits per heavy atom. The second kappa shape index (κ2) is 11.3. The van der Waals surface area contributed by atoms with Crippen molar-refractivity contribution < 1.29 is 4.74 Å². The van der Waals surface area contributed by atoms with Crippen molar-refractivity contribution in [3.05, 3.63) is 12.7 Å². The van der Waals surface area contributed by atoms with E-state index >= 15 is 0 Å². The molecule has 0 aromatic carbocycles. The van der Waals surface area contributed by atoms with E-state index in [9.17, 15) is 0 Å². The van der Waals surface area contributed by atoms with E-state index in [0.29, 0.717) is 6.04 Å². The Kier molecular flexibility index (Phi) is 10.0. The molecule has 1 rings (SSSR count). The summed E-state index contributed by atoms with van der Waals surface area (Å²) >= 11 is 0. The van der Waals surface area contributed by atoms with Crippen molar-refractivity contribution in [2.24, 2.45) is 0 Å². The zero-order chi connectivity index (χ0) is 15.4. The molecular formula is C19H37NO. The first kappa shape index (κ1) is 18.7. The van der Waals surface area contributed by atoms with Gasteiger partial charge in [-0.2, -0.15) is 0 Å². The van der Waals surface area contributed by atoms with Crippen molar-refractivity contribution >= 4 is 0 Å². The SMILES string of the molecule is C=CCCCCCC(NCCC)C1(OCC)CCCCC1. The lowest BCUT2D eigenvalue weighted by Gasteiger charge is -2.44. The molecule has 1 aliphatic carbocycles. The third kappa shape index (κ3) is 6.52. The number of rotatable bonds is 12. The predicted molar refractivity (Wildman–Crippen MR) is 92.8 cm³/mol. The highest BCUT2D eigenvalue weighted by atomic mass is 16.5. The highest BCUT2D eigenvalue weighted by molar-refractivity contribution is 4.95. The Hall–Kier alpha value is -0.340. The maximum Gasteiger partial charge on any atom is 0.0834 e. The van der Waals surface area contributed by atoms with Crippen LogP contribution in [0, 0.1) is 0 Å². The summed E-state index contributed by atoms with van der Waals surface area (Å²) < 4.78 is 6.33. The predicted octanol–water partition coefficient (Wildman–Crippen LogP) is 5.23. The molecule has 0 aromatic heterocycles. The summed E-state index contributed by atoms with van der Waals surface area (Å²) in [5, 5.41) is 3.81. The molecule has 0 aliphatic heterocycles. The van der Waals surface area contributed by atoms with E-state index in [-0.39, 0.29) is 5.60 Å². The van der Waals surface area contributed by atoms with Crippen molar-refractivity contribution in [2.45, 2.75) is 96.1 Å². The zero-order valence-corrected chi connectivity index (χ0v) is 14.5.